The van der Waals surface area contributed by atoms with Gasteiger partial charge < -0.3 is 4.90 Å². The van der Waals surface area contributed by atoms with Crippen molar-refractivity contribution in [1.82, 2.24) is 9.80 Å². The lowest BCUT2D eigenvalue weighted by Gasteiger charge is -2.31. The van der Waals surface area contributed by atoms with Crippen LogP contribution in [0, 0.1) is 11.8 Å². The van der Waals surface area contributed by atoms with Crippen molar-refractivity contribution >= 4 is 0 Å². The molecule has 2 aliphatic rings. The van der Waals surface area contributed by atoms with Crippen molar-refractivity contribution in [2.45, 2.75) is 71.8 Å². The molecule has 0 aromatic heterocycles. The van der Waals surface area contributed by atoms with Gasteiger partial charge in [-0.2, -0.15) is 0 Å². The van der Waals surface area contributed by atoms with E-state index in [1.807, 2.05) is 0 Å². The summed E-state index contributed by atoms with van der Waals surface area (Å²) in [7, 11) is 0. The summed E-state index contributed by atoms with van der Waals surface area (Å²) in [5.74, 6) is 1.67. The van der Waals surface area contributed by atoms with Gasteiger partial charge in [0.25, 0.3) is 0 Å². The van der Waals surface area contributed by atoms with Gasteiger partial charge in [0.05, 0.1) is 0 Å². The Balaban J connectivity index is 1.59. The molecule has 1 heterocycles. The van der Waals surface area contributed by atoms with Gasteiger partial charge in [-0.1, -0.05) is 57.4 Å². The Morgan fingerprint density at radius 3 is 2.46 bits per heavy atom. The van der Waals surface area contributed by atoms with Gasteiger partial charge in [0, 0.05) is 26.2 Å². The summed E-state index contributed by atoms with van der Waals surface area (Å²) in [5.41, 5.74) is 3.02. The summed E-state index contributed by atoms with van der Waals surface area (Å²) < 4.78 is 0. The van der Waals surface area contributed by atoms with E-state index in [4.69, 9.17) is 0 Å². The van der Waals surface area contributed by atoms with E-state index >= 15 is 0 Å². The predicted octanol–water partition coefficient (Wildman–Crippen LogP) is 5.36. The average molecular weight is 357 g/mol. The maximum atomic E-state index is 2.77. The molecular weight excluding hydrogens is 316 g/mol. The second-order valence-corrected chi connectivity index (χ2v) is 9.21. The molecule has 1 aromatic rings. The monoisotopic (exact) mass is 356 g/mol. The molecule has 2 nitrogen and oxygen atoms in total. The fraction of sp³-hybridized carbons (Fsp3) is 0.750. The molecule has 1 aromatic carbocycles. The molecule has 0 unspecified atom stereocenters. The lowest BCUT2D eigenvalue weighted by Crippen LogP contribution is -2.36. The van der Waals surface area contributed by atoms with Gasteiger partial charge in [0.15, 0.2) is 0 Å². The minimum absolute atomic E-state index is 0.735. The van der Waals surface area contributed by atoms with Crippen molar-refractivity contribution in [2.75, 3.05) is 32.7 Å². The highest BCUT2D eigenvalue weighted by atomic mass is 15.2. The second kappa shape index (κ2) is 10.5. The van der Waals surface area contributed by atoms with E-state index in [2.05, 4.69) is 47.9 Å². The van der Waals surface area contributed by atoms with Crippen LogP contribution in [0.1, 0.15) is 69.9 Å². The van der Waals surface area contributed by atoms with Gasteiger partial charge in [-0.05, 0) is 68.2 Å². The van der Waals surface area contributed by atoms with Crippen molar-refractivity contribution < 1.29 is 0 Å². The Bertz CT molecular complexity index is 513. The highest BCUT2D eigenvalue weighted by molar-refractivity contribution is 5.23. The highest BCUT2D eigenvalue weighted by Gasteiger charge is 2.19. The molecule has 0 spiro atoms. The molecule has 0 atom stereocenters. The van der Waals surface area contributed by atoms with Crippen LogP contribution in [-0.4, -0.2) is 42.5 Å². The Hall–Kier alpha value is -0.860. The quantitative estimate of drug-likeness (QED) is 0.587. The van der Waals surface area contributed by atoms with Crippen molar-refractivity contribution in [3.05, 3.63) is 35.4 Å². The molecule has 0 amide bonds. The maximum absolute atomic E-state index is 2.77. The molecule has 1 aliphatic carbocycles. The van der Waals surface area contributed by atoms with Gasteiger partial charge >= 0.3 is 0 Å². The Morgan fingerprint density at radius 2 is 1.73 bits per heavy atom. The van der Waals surface area contributed by atoms with Crippen LogP contribution in [0.2, 0.25) is 0 Å². The first-order valence-electron chi connectivity index (χ1n) is 11.2. The van der Waals surface area contributed by atoms with Crippen molar-refractivity contribution in [1.29, 1.82) is 0 Å². The van der Waals surface area contributed by atoms with E-state index in [9.17, 15) is 0 Å². The van der Waals surface area contributed by atoms with Crippen molar-refractivity contribution in [3.63, 3.8) is 0 Å². The third-order valence-corrected chi connectivity index (χ3v) is 6.21. The number of rotatable bonds is 9. The topological polar surface area (TPSA) is 6.48 Å². The molecule has 0 N–H and O–H groups in total. The van der Waals surface area contributed by atoms with Gasteiger partial charge in [0.2, 0.25) is 0 Å². The fourth-order valence-electron chi connectivity index (χ4n) is 4.84. The first-order chi connectivity index (χ1) is 12.7. The van der Waals surface area contributed by atoms with E-state index in [1.54, 1.807) is 0 Å². The summed E-state index contributed by atoms with van der Waals surface area (Å²) in [6.07, 6.45) is 11.3. The zero-order valence-electron chi connectivity index (χ0n) is 17.3. The molecule has 26 heavy (non-hydrogen) atoms. The van der Waals surface area contributed by atoms with Crippen molar-refractivity contribution in [3.8, 4) is 0 Å². The number of nitrogens with zero attached hydrogens (tertiary/aromatic N) is 2. The molecule has 0 bridgehead atoms. The predicted molar refractivity (Wildman–Crippen MR) is 113 cm³/mol. The van der Waals surface area contributed by atoms with E-state index in [1.165, 1.54) is 95.2 Å². The lowest BCUT2D eigenvalue weighted by atomic mass is 9.89. The van der Waals surface area contributed by atoms with Gasteiger partial charge in [-0.3, -0.25) is 4.90 Å². The summed E-state index contributed by atoms with van der Waals surface area (Å²) in [6, 6.07) is 9.38. The Labute approximate surface area is 162 Å². The molecule has 1 saturated carbocycles. The van der Waals surface area contributed by atoms with E-state index < -0.39 is 0 Å². The normalized spacial score (nSPS) is 19.7. The van der Waals surface area contributed by atoms with Crippen molar-refractivity contribution in [2.24, 2.45) is 11.8 Å². The SMILES string of the molecule is CC(C)Cc1cccc(CN(CCN2CCCC2)CC2CCCCC2)c1. The summed E-state index contributed by atoms with van der Waals surface area (Å²) in [4.78, 5) is 5.44. The van der Waals surface area contributed by atoms with Crippen LogP contribution in [-0.2, 0) is 13.0 Å². The first-order valence-corrected chi connectivity index (χ1v) is 11.2. The van der Waals surface area contributed by atoms with Crippen LogP contribution >= 0.6 is 0 Å². The van der Waals surface area contributed by atoms with Crippen LogP contribution < -0.4 is 0 Å². The summed E-state index contributed by atoms with van der Waals surface area (Å²) >= 11 is 0. The van der Waals surface area contributed by atoms with Crippen LogP contribution in [0.15, 0.2) is 24.3 Å². The smallest absolute Gasteiger partial charge is 0.0234 e. The first kappa shape index (κ1) is 19.9. The lowest BCUT2D eigenvalue weighted by molar-refractivity contribution is 0.172. The maximum Gasteiger partial charge on any atom is 0.0234 e. The molecule has 3 rings (SSSR count). The average Bonchev–Trinajstić information content (AvgIpc) is 3.14. The standard InChI is InChI=1S/C24H40N2/c1-21(2)17-23-11-8-12-24(18-23)20-26(16-15-25-13-6-7-14-25)19-22-9-4-3-5-10-22/h8,11-12,18,21-22H,3-7,9-10,13-17,19-20H2,1-2H3. The molecule has 0 radical (unpaired) electrons. The minimum Gasteiger partial charge on any atom is -0.302 e. The Kier molecular flexibility index (Phi) is 8.01. The zero-order chi connectivity index (χ0) is 18.2. The fourth-order valence-corrected chi connectivity index (χ4v) is 4.84. The van der Waals surface area contributed by atoms with Crippen LogP contribution in [0.5, 0.6) is 0 Å². The van der Waals surface area contributed by atoms with E-state index in [-0.39, 0.29) is 0 Å². The van der Waals surface area contributed by atoms with Gasteiger partial charge in [0.1, 0.15) is 0 Å². The Morgan fingerprint density at radius 1 is 1.00 bits per heavy atom. The number of likely N-dealkylation sites (tertiary alicyclic amines) is 1. The van der Waals surface area contributed by atoms with Crippen LogP contribution in [0.25, 0.3) is 0 Å². The third kappa shape index (κ3) is 6.70. The molecule has 1 saturated heterocycles. The second-order valence-electron chi connectivity index (χ2n) is 9.21. The van der Waals surface area contributed by atoms with E-state index in [0.717, 1.165) is 18.4 Å². The largest absolute Gasteiger partial charge is 0.302 e. The van der Waals surface area contributed by atoms with Gasteiger partial charge in [-0.25, -0.2) is 0 Å². The number of hydrogen-bond donors (Lipinski definition) is 0. The minimum atomic E-state index is 0.735. The number of benzene rings is 1. The summed E-state index contributed by atoms with van der Waals surface area (Å²) in [6.45, 7) is 12.2. The molecule has 2 fully saturated rings. The molecule has 1 aliphatic heterocycles. The van der Waals surface area contributed by atoms with Gasteiger partial charge in [-0.15, -0.1) is 0 Å². The molecular formula is C24H40N2. The van der Waals surface area contributed by atoms with Crippen LogP contribution in [0.3, 0.4) is 0 Å². The molecule has 146 valence electrons. The number of hydrogen-bond acceptors (Lipinski definition) is 2. The zero-order valence-corrected chi connectivity index (χ0v) is 17.3. The van der Waals surface area contributed by atoms with Crippen LogP contribution in [0.4, 0.5) is 0 Å². The highest BCUT2D eigenvalue weighted by Crippen LogP contribution is 2.25. The van der Waals surface area contributed by atoms with E-state index in [0.29, 0.717) is 0 Å². The molecule has 2 heteroatoms. The third-order valence-electron chi connectivity index (χ3n) is 6.21. The summed E-state index contributed by atoms with van der Waals surface area (Å²) in [5, 5.41) is 0.